The molecule has 1 aliphatic rings. The first-order valence-corrected chi connectivity index (χ1v) is 6.69. The van der Waals surface area contributed by atoms with Crippen LogP contribution in [0.3, 0.4) is 0 Å². The molecule has 3 rings (SSSR count). The molecule has 1 aromatic heterocycles. The van der Waals surface area contributed by atoms with E-state index in [2.05, 4.69) is 6.58 Å². The van der Waals surface area contributed by atoms with Crippen LogP contribution in [0.25, 0.3) is 16.5 Å². The van der Waals surface area contributed by atoms with Crippen molar-refractivity contribution in [2.24, 2.45) is 0 Å². The second-order valence-corrected chi connectivity index (χ2v) is 4.91. The lowest BCUT2D eigenvalue weighted by atomic mass is 9.94. The number of fused-ring (bicyclic) bond motifs is 3. The molecule has 5 nitrogen and oxygen atoms in total. The molecule has 2 aromatic rings. The molecule has 0 atom stereocenters. The highest BCUT2D eigenvalue weighted by atomic mass is 16.5. The van der Waals surface area contributed by atoms with Crippen LogP contribution in [0.4, 0.5) is 0 Å². The maximum atomic E-state index is 12.3. The summed E-state index contributed by atoms with van der Waals surface area (Å²) < 4.78 is 10.9. The van der Waals surface area contributed by atoms with Gasteiger partial charge in [0.25, 0.3) is 0 Å². The van der Waals surface area contributed by atoms with E-state index in [1.54, 1.807) is 19.1 Å². The number of hydrogen-bond acceptors (Lipinski definition) is 5. The molecule has 0 aliphatic carbocycles. The fourth-order valence-corrected chi connectivity index (χ4v) is 2.58. The van der Waals surface area contributed by atoms with Crippen LogP contribution in [0, 0.1) is 0 Å². The third kappa shape index (κ3) is 3.06. The molecule has 0 fully saturated rings. The predicted molar refractivity (Wildman–Crippen MR) is 95.9 cm³/mol. The molecule has 1 aromatic carbocycles. The zero-order valence-corrected chi connectivity index (χ0v) is 11.9. The van der Waals surface area contributed by atoms with Crippen LogP contribution in [0.5, 0.6) is 5.75 Å². The molecule has 0 amide bonds. The molecule has 0 saturated carbocycles. The summed E-state index contributed by atoms with van der Waals surface area (Å²) in [5.74, 6) is 0.233. The lowest BCUT2D eigenvalue weighted by molar-refractivity contribution is 0.206. The summed E-state index contributed by atoms with van der Waals surface area (Å²) in [7, 11) is 0. The maximum absolute atomic E-state index is 12.3. The molecular formula is C19H22O5. The number of aliphatic hydroxyl groups excluding tert-OH is 1. The standard InChI is InChI=1S/C17H14O5.2CH4/c1-3-11-14(6-9(2)18)21-8-13-12-5-4-10(19)7-15(12)22-17(20)16(11)13;;/h3-7,18-19H,2,8H2,1H3;2*1H4/b11-3+,14-6+;;. The van der Waals surface area contributed by atoms with Gasteiger partial charge in [0.2, 0.25) is 0 Å². The van der Waals surface area contributed by atoms with Crippen LogP contribution in [0.1, 0.15) is 32.9 Å². The highest BCUT2D eigenvalue weighted by Gasteiger charge is 2.26. The Hall–Kier alpha value is -2.95. The summed E-state index contributed by atoms with van der Waals surface area (Å²) in [5, 5.41) is 19.5. The summed E-state index contributed by atoms with van der Waals surface area (Å²) >= 11 is 0. The Bertz CT molecular complexity index is 900. The lowest BCUT2D eigenvalue weighted by Gasteiger charge is -2.23. The van der Waals surface area contributed by atoms with Gasteiger partial charge in [-0.3, -0.25) is 0 Å². The van der Waals surface area contributed by atoms with Gasteiger partial charge in [-0.15, -0.1) is 0 Å². The zero-order chi connectivity index (χ0) is 15.9. The molecule has 0 saturated heterocycles. The molecule has 0 radical (unpaired) electrons. The minimum absolute atomic E-state index is 0. The van der Waals surface area contributed by atoms with E-state index in [-0.39, 0.29) is 33.0 Å². The van der Waals surface area contributed by atoms with Crippen LogP contribution in [0.2, 0.25) is 0 Å². The van der Waals surface area contributed by atoms with Crippen LogP contribution in [-0.4, -0.2) is 10.2 Å². The van der Waals surface area contributed by atoms with Crippen LogP contribution in [0.15, 0.2) is 57.7 Å². The lowest BCUT2D eigenvalue weighted by Crippen LogP contribution is -2.18. The second-order valence-electron chi connectivity index (χ2n) is 4.91. The van der Waals surface area contributed by atoms with E-state index in [1.165, 1.54) is 18.2 Å². The number of allylic oxidation sites excluding steroid dienone is 3. The van der Waals surface area contributed by atoms with Crippen molar-refractivity contribution in [1.29, 1.82) is 0 Å². The van der Waals surface area contributed by atoms with Crippen molar-refractivity contribution in [1.82, 2.24) is 0 Å². The topological polar surface area (TPSA) is 79.9 Å². The SMILES string of the molecule is C.C.C=C(O)/C=C1/OCc2c(c(=O)oc3cc(O)ccc23)/C1=C/C. The highest BCUT2D eigenvalue weighted by Crippen LogP contribution is 2.35. The minimum Gasteiger partial charge on any atom is -0.508 e. The van der Waals surface area contributed by atoms with Crippen LogP contribution in [-0.2, 0) is 11.3 Å². The first-order chi connectivity index (χ1) is 10.5. The van der Waals surface area contributed by atoms with Gasteiger partial charge in [0, 0.05) is 28.7 Å². The first-order valence-electron chi connectivity index (χ1n) is 6.69. The molecule has 0 unspecified atom stereocenters. The molecule has 2 N–H and O–H groups in total. The van der Waals surface area contributed by atoms with Crippen LogP contribution < -0.4 is 5.63 Å². The Morgan fingerprint density at radius 2 is 2.04 bits per heavy atom. The van der Waals surface area contributed by atoms with E-state index in [1.807, 2.05) is 0 Å². The smallest absolute Gasteiger partial charge is 0.344 e. The number of aliphatic hydroxyl groups is 1. The summed E-state index contributed by atoms with van der Waals surface area (Å²) in [6, 6.07) is 4.61. The number of aromatic hydroxyl groups is 1. The van der Waals surface area contributed by atoms with Gasteiger partial charge in [-0.2, -0.15) is 0 Å². The zero-order valence-electron chi connectivity index (χ0n) is 11.9. The quantitative estimate of drug-likeness (QED) is 0.587. The Morgan fingerprint density at radius 3 is 2.67 bits per heavy atom. The van der Waals surface area contributed by atoms with Gasteiger partial charge in [-0.1, -0.05) is 27.5 Å². The maximum Gasteiger partial charge on any atom is 0.344 e. The largest absolute Gasteiger partial charge is 0.508 e. The van der Waals surface area contributed by atoms with Crippen molar-refractivity contribution in [2.75, 3.05) is 0 Å². The van der Waals surface area contributed by atoms with Crippen molar-refractivity contribution in [3.8, 4) is 5.75 Å². The molecule has 0 spiro atoms. The number of ether oxygens (including phenoxy) is 1. The highest BCUT2D eigenvalue weighted by molar-refractivity contribution is 5.90. The average Bonchev–Trinajstić information content (AvgIpc) is 2.46. The fourth-order valence-electron chi connectivity index (χ4n) is 2.58. The molecule has 2 heterocycles. The minimum atomic E-state index is -0.515. The first kappa shape index (κ1) is 19.1. The number of benzene rings is 1. The monoisotopic (exact) mass is 330 g/mol. The van der Waals surface area contributed by atoms with E-state index in [9.17, 15) is 15.0 Å². The summed E-state index contributed by atoms with van der Waals surface area (Å²) in [4.78, 5) is 12.3. The predicted octanol–water partition coefficient (Wildman–Crippen LogP) is 4.66. The normalized spacial score (nSPS) is 16.0. The Balaban J connectivity index is 0.00000144. The van der Waals surface area contributed by atoms with Crippen molar-refractivity contribution >= 4 is 16.5 Å². The van der Waals surface area contributed by atoms with Gasteiger partial charge in [-0.05, 0) is 19.1 Å². The van der Waals surface area contributed by atoms with E-state index >= 15 is 0 Å². The Kier molecular flexibility index (Phi) is 5.64. The van der Waals surface area contributed by atoms with Gasteiger partial charge in [0.15, 0.2) is 0 Å². The van der Waals surface area contributed by atoms with Gasteiger partial charge < -0.3 is 19.4 Å². The summed E-state index contributed by atoms with van der Waals surface area (Å²) in [6.07, 6.45) is 3.08. The number of rotatable bonds is 1. The number of phenolic OH excluding ortho intramolecular Hbond substituents is 1. The third-order valence-electron chi connectivity index (χ3n) is 3.49. The van der Waals surface area contributed by atoms with E-state index in [0.717, 1.165) is 0 Å². The summed E-state index contributed by atoms with van der Waals surface area (Å²) in [5.41, 5.74) is 1.43. The summed E-state index contributed by atoms with van der Waals surface area (Å²) in [6.45, 7) is 5.33. The molecule has 128 valence electrons. The van der Waals surface area contributed by atoms with Crippen LogP contribution >= 0.6 is 0 Å². The van der Waals surface area contributed by atoms with Gasteiger partial charge in [-0.25, -0.2) is 4.79 Å². The van der Waals surface area contributed by atoms with Gasteiger partial charge in [0.05, 0.1) is 5.56 Å². The molecule has 1 aliphatic heterocycles. The van der Waals surface area contributed by atoms with Crippen molar-refractivity contribution < 1.29 is 19.4 Å². The van der Waals surface area contributed by atoms with E-state index < -0.39 is 5.63 Å². The second kappa shape index (κ2) is 7.08. The van der Waals surface area contributed by atoms with E-state index in [0.29, 0.717) is 33.4 Å². The molecule has 0 bridgehead atoms. The molecule has 5 heteroatoms. The number of phenols is 1. The number of hydrogen-bond donors (Lipinski definition) is 2. The van der Waals surface area contributed by atoms with Crippen molar-refractivity contribution in [3.63, 3.8) is 0 Å². The van der Waals surface area contributed by atoms with Gasteiger partial charge in [0.1, 0.15) is 29.5 Å². The third-order valence-corrected chi connectivity index (χ3v) is 3.49. The molecule has 24 heavy (non-hydrogen) atoms. The molecular weight excluding hydrogens is 308 g/mol. The average molecular weight is 330 g/mol. The van der Waals surface area contributed by atoms with Crippen molar-refractivity contribution in [3.05, 3.63) is 70.0 Å². The fraction of sp³-hybridized carbons (Fsp3) is 0.211. The van der Waals surface area contributed by atoms with Crippen molar-refractivity contribution in [2.45, 2.75) is 28.4 Å². The van der Waals surface area contributed by atoms with E-state index in [4.69, 9.17) is 9.15 Å². The van der Waals surface area contributed by atoms with Gasteiger partial charge >= 0.3 is 5.63 Å². The Morgan fingerprint density at radius 1 is 1.33 bits per heavy atom. The Labute approximate surface area is 140 Å².